The fourth-order valence-corrected chi connectivity index (χ4v) is 2.32. The molecule has 0 aromatic carbocycles. The van der Waals surface area contributed by atoms with Crippen LogP contribution in [0.4, 0.5) is 0 Å². The van der Waals surface area contributed by atoms with Crippen molar-refractivity contribution in [1.82, 2.24) is 0 Å². The first-order chi connectivity index (χ1) is 7.81. The number of rotatable bonds is 12. The van der Waals surface area contributed by atoms with Gasteiger partial charge in [-0.15, -0.1) is 0 Å². The lowest BCUT2D eigenvalue weighted by atomic mass is 10.1. The zero-order chi connectivity index (χ0) is 12.1. The fraction of sp³-hybridized carbons (Fsp3) is 1.00. The fourth-order valence-electron chi connectivity index (χ4n) is 1.96. The molecule has 0 fully saturated rings. The average Bonchev–Trinajstić information content (AvgIpc) is 2.31. The summed E-state index contributed by atoms with van der Waals surface area (Å²) in [7, 11) is 0. The highest BCUT2D eigenvalue weighted by molar-refractivity contribution is 7.84. The molecule has 0 aliphatic heterocycles. The Bertz CT molecular complexity index is 126. The zero-order valence-corrected chi connectivity index (χ0v) is 12.7. The molecular formula is C14H30S2. The van der Waals surface area contributed by atoms with Gasteiger partial charge in [-0.2, -0.15) is 25.3 Å². The van der Waals surface area contributed by atoms with Gasteiger partial charge >= 0.3 is 0 Å². The van der Waals surface area contributed by atoms with E-state index in [1.807, 2.05) is 0 Å². The summed E-state index contributed by atoms with van der Waals surface area (Å²) in [6.45, 7) is 2.28. The molecule has 0 radical (unpaired) electrons. The lowest BCUT2D eigenvalue weighted by Crippen LogP contribution is -1.99. The molecule has 0 bridgehead atoms. The lowest BCUT2D eigenvalue weighted by molar-refractivity contribution is 0.550. The molecule has 98 valence electrons. The van der Waals surface area contributed by atoms with Gasteiger partial charge in [0.1, 0.15) is 0 Å². The second-order valence-electron chi connectivity index (χ2n) is 4.81. The van der Waals surface area contributed by atoms with E-state index in [2.05, 4.69) is 32.2 Å². The molecule has 0 N–H and O–H groups in total. The topological polar surface area (TPSA) is 0 Å². The quantitative estimate of drug-likeness (QED) is 0.335. The predicted octanol–water partition coefficient (Wildman–Crippen LogP) is 5.53. The summed E-state index contributed by atoms with van der Waals surface area (Å²) in [6, 6.07) is 0. The standard InChI is InChI=1S/C14H30S2/c1-2-3-4-5-6-7-8-9-10-11-12-14(16)13-15/h14-16H,2-13H2,1H3. The van der Waals surface area contributed by atoms with E-state index in [-0.39, 0.29) is 0 Å². The summed E-state index contributed by atoms with van der Waals surface area (Å²) in [6.07, 6.45) is 15.4. The molecule has 16 heavy (non-hydrogen) atoms. The summed E-state index contributed by atoms with van der Waals surface area (Å²) < 4.78 is 0. The molecule has 0 spiro atoms. The molecule has 0 saturated carbocycles. The summed E-state index contributed by atoms with van der Waals surface area (Å²) in [5.41, 5.74) is 0. The van der Waals surface area contributed by atoms with Crippen molar-refractivity contribution < 1.29 is 0 Å². The van der Waals surface area contributed by atoms with Crippen molar-refractivity contribution in [2.24, 2.45) is 0 Å². The predicted molar refractivity (Wildman–Crippen MR) is 83.1 cm³/mol. The monoisotopic (exact) mass is 262 g/mol. The third kappa shape index (κ3) is 12.8. The van der Waals surface area contributed by atoms with Crippen LogP contribution in [0.5, 0.6) is 0 Å². The molecule has 0 amide bonds. The third-order valence-electron chi connectivity index (χ3n) is 3.10. The van der Waals surface area contributed by atoms with E-state index in [9.17, 15) is 0 Å². The number of hydrogen-bond donors (Lipinski definition) is 2. The van der Waals surface area contributed by atoms with E-state index in [0.29, 0.717) is 5.25 Å². The second kappa shape index (κ2) is 13.8. The molecule has 1 unspecified atom stereocenters. The van der Waals surface area contributed by atoms with Crippen LogP contribution in [0.15, 0.2) is 0 Å². The van der Waals surface area contributed by atoms with Crippen LogP contribution in [0.2, 0.25) is 0 Å². The maximum absolute atomic E-state index is 4.44. The van der Waals surface area contributed by atoms with E-state index in [4.69, 9.17) is 0 Å². The van der Waals surface area contributed by atoms with Gasteiger partial charge in [0.05, 0.1) is 0 Å². The van der Waals surface area contributed by atoms with E-state index >= 15 is 0 Å². The van der Waals surface area contributed by atoms with Crippen LogP contribution in [0.1, 0.15) is 77.6 Å². The smallest absolute Gasteiger partial charge is 0.0105 e. The molecule has 0 heterocycles. The van der Waals surface area contributed by atoms with Crippen LogP contribution in [0, 0.1) is 0 Å². The Kier molecular flexibility index (Phi) is 14.4. The molecule has 2 heteroatoms. The van der Waals surface area contributed by atoms with Crippen molar-refractivity contribution in [1.29, 1.82) is 0 Å². The Morgan fingerprint density at radius 3 is 1.62 bits per heavy atom. The summed E-state index contributed by atoms with van der Waals surface area (Å²) in [5.74, 6) is 0.917. The first kappa shape index (κ1) is 16.7. The molecule has 0 aliphatic rings. The van der Waals surface area contributed by atoms with Crippen molar-refractivity contribution in [2.75, 3.05) is 5.75 Å². The first-order valence-corrected chi connectivity index (χ1v) is 8.25. The van der Waals surface area contributed by atoms with Gasteiger partial charge < -0.3 is 0 Å². The maximum Gasteiger partial charge on any atom is 0.0105 e. The van der Waals surface area contributed by atoms with Gasteiger partial charge in [-0.3, -0.25) is 0 Å². The summed E-state index contributed by atoms with van der Waals surface area (Å²) in [5, 5.41) is 0.511. The van der Waals surface area contributed by atoms with Crippen LogP contribution in [-0.2, 0) is 0 Å². The van der Waals surface area contributed by atoms with E-state index in [1.54, 1.807) is 0 Å². The van der Waals surface area contributed by atoms with Crippen molar-refractivity contribution in [3.63, 3.8) is 0 Å². The van der Waals surface area contributed by atoms with Gasteiger partial charge in [-0.25, -0.2) is 0 Å². The second-order valence-corrected chi connectivity index (χ2v) is 5.90. The van der Waals surface area contributed by atoms with Crippen LogP contribution < -0.4 is 0 Å². The Balaban J connectivity index is 2.93. The highest BCUT2D eigenvalue weighted by Crippen LogP contribution is 2.13. The minimum Gasteiger partial charge on any atom is -0.178 e. The minimum absolute atomic E-state index is 0.511. The normalized spacial score (nSPS) is 12.9. The van der Waals surface area contributed by atoms with Crippen molar-refractivity contribution in [3.05, 3.63) is 0 Å². The van der Waals surface area contributed by atoms with Gasteiger partial charge in [0.25, 0.3) is 0 Å². The van der Waals surface area contributed by atoms with Crippen molar-refractivity contribution >= 4 is 25.3 Å². The van der Waals surface area contributed by atoms with Gasteiger partial charge in [-0.1, -0.05) is 71.1 Å². The third-order valence-corrected chi connectivity index (χ3v) is 4.27. The highest BCUT2D eigenvalue weighted by atomic mass is 32.1. The van der Waals surface area contributed by atoms with Crippen LogP contribution in [0.25, 0.3) is 0 Å². The summed E-state index contributed by atoms with van der Waals surface area (Å²) >= 11 is 8.68. The Morgan fingerprint density at radius 2 is 1.19 bits per heavy atom. The first-order valence-electron chi connectivity index (χ1n) is 7.10. The molecular weight excluding hydrogens is 232 g/mol. The van der Waals surface area contributed by atoms with E-state index < -0.39 is 0 Å². The van der Waals surface area contributed by atoms with Crippen molar-refractivity contribution in [3.8, 4) is 0 Å². The summed E-state index contributed by atoms with van der Waals surface area (Å²) in [4.78, 5) is 0. The molecule has 0 nitrogen and oxygen atoms in total. The molecule has 0 aliphatic carbocycles. The maximum atomic E-state index is 4.44. The zero-order valence-electron chi connectivity index (χ0n) is 11.0. The van der Waals surface area contributed by atoms with Crippen LogP contribution >= 0.6 is 25.3 Å². The largest absolute Gasteiger partial charge is 0.178 e. The van der Waals surface area contributed by atoms with Crippen LogP contribution in [0.3, 0.4) is 0 Å². The van der Waals surface area contributed by atoms with Crippen LogP contribution in [-0.4, -0.2) is 11.0 Å². The molecule has 0 saturated heterocycles. The molecule has 1 atom stereocenters. The van der Waals surface area contributed by atoms with Gasteiger partial charge in [0.15, 0.2) is 0 Å². The number of hydrogen-bond acceptors (Lipinski definition) is 2. The Morgan fingerprint density at radius 1 is 0.750 bits per heavy atom. The van der Waals surface area contributed by atoms with Crippen molar-refractivity contribution in [2.45, 2.75) is 82.8 Å². The molecule has 0 rings (SSSR count). The lowest BCUT2D eigenvalue weighted by Gasteiger charge is -2.06. The average molecular weight is 263 g/mol. The molecule has 0 aromatic heterocycles. The van der Waals surface area contributed by atoms with E-state index in [0.717, 1.165) is 5.75 Å². The van der Waals surface area contributed by atoms with Gasteiger partial charge in [-0.05, 0) is 6.42 Å². The van der Waals surface area contributed by atoms with E-state index in [1.165, 1.54) is 70.6 Å². The minimum atomic E-state index is 0.511. The number of unbranched alkanes of at least 4 members (excludes halogenated alkanes) is 9. The Hall–Kier alpha value is 0.700. The highest BCUT2D eigenvalue weighted by Gasteiger charge is 1.99. The Labute approximate surface area is 114 Å². The van der Waals surface area contributed by atoms with Gasteiger partial charge in [0.2, 0.25) is 0 Å². The van der Waals surface area contributed by atoms with Gasteiger partial charge in [0, 0.05) is 11.0 Å². The molecule has 0 aromatic rings. The SMILES string of the molecule is CCCCCCCCCCCCC(S)CS. The number of thiol groups is 2.